The first-order valence-corrected chi connectivity index (χ1v) is 8.41. The highest BCUT2D eigenvalue weighted by Crippen LogP contribution is 2.39. The average Bonchev–Trinajstić information content (AvgIpc) is 2.55. The molecule has 0 spiro atoms. The Kier molecular flexibility index (Phi) is 4.36. The van der Waals surface area contributed by atoms with Gasteiger partial charge in [0.15, 0.2) is 0 Å². The SMILES string of the molecule is Cc1ccccc1[C@H]1N[C@@H](c2ccccc2C)[C@@H](C)C(=O)[C@@H]1C. The van der Waals surface area contributed by atoms with Crippen molar-refractivity contribution >= 4 is 5.78 Å². The van der Waals surface area contributed by atoms with E-state index in [1.165, 1.54) is 22.3 Å². The van der Waals surface area contributed by atoms with Crippen LogP contribution in [0.2, 0.25) is 0 Å². The number of ketones is 1. The normalized spacial score (nSPS) is 27.9. The van der Waals surface area contributed by atoms with Gasteiger partial charge in [-0.2, -0.15) is 0 Å². The summed E-state index contributed by atoms with van der Waals surface area (Å²) < 4.78 is 0. The van der Waals surface area contributed by atoms with Gasteiger partial charge in [-0.15, -0.1) is 0 Å². The molecule has 120 valence electrons. The van der Waals surface area contributed by atoms with Gasteiger partial charge in [-0.05, 0) is 36.1 Å². The molecule has 4 atom stereocenters. The van der Waals surface area contributed by atoms with Crippen LogP contribution in [0.15, 0.2) is 48.5 Å². The standard InChI is InChI=1S/C21H25NO/c1-13-9-5-7-11-17(13)19-15(3)21(23)16(4)20(22-19)18-12-8-6-10-14(18)2/h5-12,15-16,19-20,22H,1-4H3/t15-,16-,19-,20+/m1/s1. The molecule has 0 aromatic heterocycles. The second-order valence-electron chi connectivity index (χ2n) is 6.81. The Morgan fingerprint density at radius 1 is 0.739 bits per heavy atom. The molecule has 1 aliphatic heterocycles. The van der Waals surface area contributed by atoms with Crippen molar-refractivity contribution in [3.63, 3.8) is 0 Å². The first kappa shape index (κ1) is 15.9. The van der Waals surface area contributed by atoms with E-state index in [1.807, 2.05) is 0 Å². The molecule has 2 aromatic carbocycles. The van der Waals surface area contributed by atoms with E-state index in [2.05, 4.69) is 81.5 Å². The quantitative estimate of drug-likeness (QED) is 0.883. The van der Waals surface area contributed by atoms with Crippen LogP contribution in [0.4, 0.5) is 0 Å². The summed E-state index contributed by atoms with van der Waals surface area (Å²) in [7, 11) is 0. The van der Waals surface area contributed by atoms with Gasteiger partial charge in [-0.1, -0.05) is 62.4 Å². The fourth-order valence-electron chi connectivity index (χ4n) is 3.82. The minimum absolute atomic E-state index is 0.00799. The lowest BCUT2D eigenvalue weighted by Gasteiger charge is -2.40. The third kappa shape index (κ3) is 2.84. The highest BCUT2D eigenvalue weighted by atomic mass is 16.1. The third-order valence-corrected chi connectivity index (χ3v) is 5.30. The lowest BCUT2D eigenvalue weighted by atomic mass is 9.75. The summed E-state index contributed by atoms with van der Waals surface area (Å²) in [5.41, 5.74) is 4.95. The van der Waals surface area contributed by atoms with Crippen LogP contribution in [0, 0.1) is 25.7 Å². The third-order valence-electron chi connectivity index (χ3n) is 5.30. The first-order valence-electron chi connectivity index (χ1n) is 8.41. The van der Waals surface area contributed by atoms with Gasteiger partial charge in [0.2, 0.25) is 0 Å². The number of aryl methyl sites for hydroxylation is 2. The van der Waals surface area contributed by atoms with Crippen molar-refractivity contribution in [2.45, 2.75) is 39.8 Å². The average molecular weight is 307 g/mol. The van der Waals surface area contributed by atoms with Crippen LogP contribution in [0.1, 0.15) is 48.2 Å². The number of carbonyl (C=O) groups excluding carboxylic acids is 1. The van der Waals surface area contributed by atoms with Gasteiger partial charge in [0, 0.05) is 23.9 Å². The smallest absolute Gasteiger partial charge is 0.142 e. The molecule has 3 rings (SSSR count). The number of nitrogens with one attached hydrogen (secondary N) is 1. The highest BCUT2D eigenvalue weighted by molar-refractivity contribution is 5.85. The lowest BCUT2D eigenvalue weighted by Crippen LogP contribution is -2.46. The molecule has 1 aliphatic rings. The lowest BCUT2D eigenvalue weighted by molar-refractivity contribution is -0.130. The molecule has 0 amide bonds. The number of benzene rings is 2. The highest BCUT2D eigenvalue weighted by Gasteiger charge is 2.40. The van der Waals surface area contributed by atoms with Crippen molar-refractivity contribution < 1.29 is 4.79 Å². The molecule has 0 saturated carbocycles. The van der Waals surface area contributed by atoms with Crippen molar-refractivity contribution in [2.24, 2.45) is 11.8 Å². The Morgan fingerprint density at radius 3 is 1.52 bits per heavy atom. The van der Waals surface area contributed by atoms with E-state index >= 15 is 0 Å². The molecular weight excluding hydrogens is 282 g/mol. The number of carbonyl (C=O) groups is 1. The summed E-state index contributed by atoms with van der Waals surface area (Å²) in [6, 6.07) is 16.9. The zero-order valence-electron chi connectivity index (χ0n) is 14.3. The van der Waals surface area contributed by atoms with Crippen molar-refractivity contribution in [1.29, 1.82) is 0 Å². The second-order valence-corrected chi connectivity index (χ2v) is 6.81. The van der Waals surface area contributed by atoms with E-state index < -0.39 is 0 Å². The Labute approximate surface area is 138 Å². The molecule has 1 N–H and O–H groups in total. The molecule has 23 heavy (non-hydrogen) atoms. The zero-order chi connectivity index (χ0) is 16.6. The monoisotopic (exact) mass is 307 g/mol. The molecule has 0 bridgehead atoms. The molecule has 0 radical (unpaired) electrons. The van der Waals surface area contributed by atoms with Crippen LogP contribution < -0.4 is 5.32 Å². The van der Waals surface area contributed by atoms with E-state index in [0.717, 1.165) is 0 Å². The first-order chi connectivity index (χ1) is 11.0. The van der Waals surface area contributed by atoms with Crippen LogP contribution in [-0.4, -0.2) is 5.78 Å². The molecule has 2 heteroatoms. The summed E-state index contributed by atoms with van der Waals surface area (Å²) in [5.74, 6) is 0.336. The summed E-state index contributed by atoms with van der Waals surface area (Å²) >= 11 is 0. The Morgan fingerprint density at radius 2 is 1.13 bits per heavy atom. The molecule has 2 aromatic rings. The maximum Gasteiger partial charge on any atom is 0.142 e. The van der Waals surface area contributed by atoms with Gasteiger partial charge in [-0.25, -0.2) is 0 Å². The molecular formula is C21H25NO. The Bertz CT molecular complexity index is 662. The molecule has 0 unspecified atom stereocenters. The summed E-state index contributed by atoms with van der Waals surface area (Å²) in [5, 5.41) is 3.78. The van der Waals surface area contributed by atoms with Gasteiger partial charge >= 0.3 is 0 Å². The maximum absolute atomic E-state index is 12.9. The Hall–Kier alpha value is -1.93. The van der Waals surface area contributed by atoms with E-state index in [0.29, 0.717) is 5.78 Å². The summed E-state index contributed by atoms with van der Waals surface area (Å²) in [6.07, 6.45) is 0. The van der Waals surface area contributed by atoms with Gasteiger partial charge in [0.1, 0.15) is 5.78 Å². The van der Waals surface area contributed by atoms with Crippen molar-refractivity contribution in [2.75, 3.05) is 0 Å². The van der Waals surface area contributed by atoms with Crippen molar-refractivity contribution in [1.82, 2.24) is 5.32 Å². The fraction of sp³-hybridized carbons (Fsp3) is 0.381. The van der Waals surface area contributed by atoms with Gasteiger partial charge in [0.25, 0.3) is 0 Å². The van der Waals surface area contributed by atoms with E-state index in [-0.39, 0.29) is 23.9 Å². The molecule has 0 aliphatic carbocycles. The van der Waals surface area contributed by atoms with Gasteiger partial charge < -0.3 is 5.32 Å². The van der Waals surface area contributed by atoms with Gasteiger partial charge in [-0.3, -0.25) is 4.79 Å². The minimum Gasteiger partial charge on any atom is -0.302 e. The van der Waals surface area contributed by atoms with Crippen molar-refractivity contribution in [3.05, 3.63) is 70.8 Å². The van der Waals surface area contributed by atoms with Gasteiger partial charge in [0.05, 0.1) is 0 Å². The van der Waals surface area contributed by atoms with Crippen LogP contribution in [0.5, 0.6) is 0 Å². The number of piperidine rings is 1. The van der Waals surface area contributed by atoms with Crippen LogP contribution in [-0.2, 0) is 4.79 Å². The van der Waals surface area contributed by atoms with Crippen molar-refractivity contribution in [3.8, 4) is 0 Å². The van der Waals surface area contributed by atoms with E-state index in [4.69, 9.17) is 0 Å². The zero-order valence-corrected chi connectivity index (χ0v) is 14.3. The van der Waals surface area contributed by atoms with E-state index in [9.17, 15) is 4.79 Å². The maximum atomic E-state index is 12.9. The van der Waals surface area contributed by atoms with E-state index in [1.54, 1.807) is 0 Å². The predicted molar refractivity (Wildman–Crippen MR) is 94.3 cm³/mol. The molecule has 1 heterocycles. The topological polar surface area (TPSA) is 29.1 Å². The van der Waals surface area contributed by atoms with Crippen LogP contribution in [0.25, 0.3) is 0 Å². The minimum atomic E-state index is -0.00799. The summed E-state index contributed by atoms with van der Waals surface area (Å²) in [4.78, 5) is 12.9. The predicted octanol–water partition coefficient (Wildman–Crippen LogP) is 4.53. The molecule has 1 fully saturated rings. The summed E-state index contributed by atoms with van der Waals surface area (Å²) in [6.45, 7) is 8.35. The molecule has 1 saturated heterocycles. The number of Topliss-reactive ketones (excluding diaryl/α,β-unsaturated/α-hetero) is 1. The second kappa shape index (κ2) is 6.29. The largest absolute Gasteiger partial charge is 0.302 e. The fourth-order valence-corrected chi connectivity index (χ4v) is 3.82. The number of hydrogen-bond donors (Lipinski definition) is 1. The Balaban J connectivity index is 2.02. The number of rotatable bonds is 2. The number of hydrogen-bond acceptors (Lipinski definition) is 2. The molecule has 2 nitrogen and oxygen atoms in total. The van der Waals surface area contributed by atoms with Crippen LogP contribution >= 0.6 is 0 Å². The van der Waals surface area contributed by atoms with Crippen LogP contribution in [0.3, 0.4) is 0 Å².